The third-order valence-corrected chi connectivity index (χ3v) is 3.76. The maximum atomic E-state index is 4.36. The van der Waals surface area contributed by atoms with Crippen LogP contribution in [0.2, 0.25) is 0 Å². The van der Waals surface area contributed by atoms with Crippen LogP contribution < -0.4 is 4.90 Å². The molecule has 2 nitrogen and oxygen atoms in total. The first-order chi connectivity index (χ1) is 7.18. The first kappa shape index (κ1) is 10.6. The zero-order valence-electron chi connectivity index (χ0n) is 8.57. The number of hydrogen-bond donors (Lipinski definition) is 0. The van der Waals surface area contributed by atoms with Gasteiger partial charge in [0, 0.05) is 17.7 Å². The third-order valence-electron chi connectivity index (χ3n) is 2.20. The van der Waals surface area contributed by atoms with Gasteiger partial charge in [0.05, 0.1) is 5.00 Å². The first-order valence-corrected chi connectivity index (χ1v) is 6.25. The number of halogens is 1. The van der Waals surface area contributed by atoms with Gasteiger partial charge in [0.1, 0.15) is 5.82 Å². The highest BCUT2D eigenvalue weighted by Gasteiger charge is 2.08. The standard InChI is InChI=1S/C11H11BrN2S/c1-8-5-6-15-11(8)14(2)10-4-3-9(12)7-13-10/h3-7H,1-2H3. The molecule has 0 aromatic carbocycles. The fourth-order valence-electron chi connectivity index (χ4n) is 1.38. The zero-order chi connectivity index (χ0) is 10.8. The van der Waals surface area contributed by atoms with Crippen LogP contribution in [0.4, 0.5) is 10.8 Å². The van der Waals surface area contributed by atoms with E-state index in [-0.39, 0.29) is 0 Å². The van der Waals surface area contributed by atoms with Crippen LogP contribution >= 0.6 is 27.3 Å². The normalized spacial score (nSPS) is 10.3. The molecule has 0 spiro atoms. The molecule has 0 bridgehead atoms. The Morgan fingerprint density at radius 3 is 2.67 bits per heavy atom. The highest BCUT2D eigenvalue weighted by molar-refractivity contribution is 9.10. The van der Waals surface area contributed by atoms with Gasteiger partial charge in [0.25, 0.3) is 0 Å². The van der Waals surface area contributed by atoms with Crippen LogP contribution in [0, 0.1) is 6.92 Å². The highest BCUT2D eigenvalue weighted by Crippen LogP contribution is 2.30. The number of nitrogens with zero attached hydrogens (tertiary/aromatic N) is 2. The predicted molar refractivity (Wildman–Crippen MR) is 69.1 cm³/mol. The van der Waals surface area contributed by atoms with Gasteiger partial charge >= 0.3 is 0 Å². The molecule has 0 amide bonds. The molecule has 0 atom stereocenters. The quantitative estimate of drug-likeness (QED) is 0.828. The Bertz CT molecular complexity index is 450. The van der Waals surface area contributed by atoms with Crippen molar-refractivity contribution < 1.29 is 0 Å². The lowest BCUT2D eigenvalue weighted by Gasteiger charge is -2.17. The van der Waals surface area contributed by atoms with E-state index in [2.05, 4.69) is 44.2 Å². The second kappa shape index (κ2) is 4.33. The van der Waals surface area contributed by atoms with E-state index in [1.165, 1.54) is 10.6 Å². The highest BCUT2D eigenvalue weighted by atomic mass is 79.9. The minimum Gasteiger partial charge on any atom is -0.321 e. The summed E-state index contributed by atoms with van der Waals surface area (Å²) in [5.41, 5.74) is 1.28. The van der Waals surface area contributed by atoms with Gasteiger partial charge in [-0.25, -0.2) is 4.98 Å². The van der Waals surface area contributed by atoms with Gasteiger partial charge in [0.2, 0.25) is 0 Å². The molecule has 0 N–H and O–H groups in total. The van der Waals surface area contributed by atoms with Crippen molar-refractivity contribution in [3.63, 3.8) is 0 Å². The Kier molecular flexibility index (Phi) is 3.07. The van der Waals surface area contributed by atoms with Gasteiger partial charge < -0.3 is 4.90 Å². The fraction of sp³-hybridized carbons (Fsp3) is 0.182. The molecule has 0 aliphatic rings. The van der Waals surface area contributed by atoms with Crippen molar-refractivity contribution in [2.45, 2.75) is 6.92 Å². The molecule has 2 rings (SSSR count). The maximum Gasteiger partial charge on any atom is 0.133 e. The summed E-state index contributed by atoms with van der Waals surface area (Å²) >= 11 is 5.11. The molecule has 2 aromatic rings. The summed E-state index contributed by atoms with van der Waals surface area (Å²) in [4.78, 5) is 6.46. The van der Waals surface area contributed by atoms with Gasteiger partial charge in [-0.2, -0.15) is 0 Å². The van der Waals surface area contributed by atoms with Crippen LogP contribution in [0.1, 0.15) is 5.56 Å². The molecule has 0 fully saturated rings. The lowest BCUT2D eigenvalue weighted by molar-refractivity contribution is 1.13. The van der Waals surface area contributed by atoms with Crippen LogP contribution in [0.5, 0.6) is 0 Å². The summed E-state index contributed by atoms with van der Waals surface area (Å²) in [7, 11) is 2.04. The van der Waals surface area contributed by atoms with E-state index < -0.39 is 0 Å². The summed E-state index contributed by atoms with van der Waals surface area (Å²) in [6.45, 7) is 2.11. The second-order valence-corrected chi connectivity index (χ2v) is 5.11. The topological polar surface area (TPSA) is 16.1 Å². The lowest BCUT2D eigenvalue weighted by Crippen LogP contribution is -2.10. The number of rotatable bonds is 2. The van der Waals surface area contributed by atoms with Crippen LogP contribution in [0.15, 0.2) is 34.2 Å². The summed E-state index contributed by atoms with van der Waals surface area (Å²) in [5, 5.41) is 3.34. The van der Waals surface area contributed by atoms with E-state index in [9.17, 15) is 0 Å². The predicted octanol–water partition coefficient (Wildman–Crippen LogP) is 3.98. The molecule has 0 aliphatic heterocycles. The monoisotopic (exact) mass is 282 g/mol. The largest absolute Gasteiger partial charge is 0.321 e. The summed E-state index contributed by atoms with van der Waals surface area (Å²) < 4.78 is 1.00. The molecule has 0 radical (unpaired) electrons. The van der Waals surface area contributed by atoms with E-state index in [0.717, 1.165) is 10.3 Å². The minimum atomic E-state index is 0.962. The molecular formula is C11H11BrN2S. The van der Waals surface area contributed by atoms with Gasteiger partial charge in [0.15, 0.2) is 0 Å². The van der Waals surface area contributed by atoms with Crippen molar-refractivity contribution in [1.82, 2.24) is 4.98 Å². The molecule has 0 aliphatic carbocycles. The lowest BCUT2D eigenvalue weighted by atomic mass is 10.3. The molecule has 0 saturated heterocycles. The first-order valence-electron chi connectivity index (χ1n) is 4.58. The average molecular weight is 283 g/mol. The number of pyridine rings is 1. The van der Waals surface area contributed by atoms with Gasteiger partial charge in [-0.1, -0.05) is 0 Å². The van der Waals surface area contributed by atoms with E-state index in [1.807, 2.05) is 25.4 Å². The van der Waals surface area contributed by atoms with E-state index >= 15 is 0 Å². The van der Waals surface area contributed by atoms with E-state index in [0.29, 0.717) is 0 Å². The minimum absolute atomic E-state index is 0.962. The maximum absolute atomic E-state index is 4.36. The Labute approximate surface area is 102 Å². The number of aryl methyl sites for hydroxylation is 1. The molecule has 0 saturated carbocycles. The van der Waals surface area contributed by atoms with Crippen molar-refractivity contribution in [3.8, 4) is 0 Å². The molecule has 0 unspecified atom stereocenters. The van der Waals surface area contributed by atoms with E-state index in [1.54, 1.807) is 11.3 Å². The van der Waals surface area contributed by atoms with E-state index in [4.69, 9.17) is 0 Å². The Morgan fingerprint density at radius 1 is 1.33 bits per heavy atom. The number of thiophene rings is 1. The Balaban J connectivity index is 2.32. The molecular weight excluding hydrogens is 272 g/mol. The fourth-order valence-corrected chi connectivity index (χ4v) is 2.52. The smallest absolute Gasteiger partial charge is 0.133 e. The average Bonchev–Trinajstić information content (AvgIpc) is 2.65. The van der Waals surface area contributed by atoms with Crippen LogP contribution in [0.25, 0.3) is 0 Å². The number of hydrogen-bond acceptors (Lipinski definition) is 3. The molecule has 15 heavy (non-hydrogen) atoms. The molecule has 2 aromatic heterocycles. The van der Waals surface area contributed by atoms with Crippen molar-refractivity contribution in [2.75, 3.05) is 11.9 Å². The van der Waals surface area contributed by atoms with Crippen LogP contribution in [-0.2, 0) is 0 Å². The molecule has 2 heterocycles. The van der Waals surface area contributed by atoms with Crippen LogP contribution in [-0.4, -0.2) is 12.0 Å². The number of anilines is 2. The van der Waals surface area contributed by atoms with Gasteiger partial charge in [-0.05, 0) is 52.0 Å². The summed E-state index contributed by atoms with van der Waals surface area (Å²) in [5.74, 6) is 0.962. The van der Waals surface area contributed by atoms with Crippen molar-refractivity contribution in [3.05, 3.63) is 39.8 Å². The SMILES string of the molecule is Cc1ccsc1N(C)c1ccc(Br)cn1. The van der Waals surface area contributed by atoms with Crippen LogP contribution in [0.3, 0.4) is 0 Å². The third kappa shape index (κ3) is 2.21. The summed E-state index contributed by atoms with van der Waals surface area (Å²) in [6.07, 6.45) is 1.81. The Hall–Kier alpha value is -0.870. The van der Waals surface area contributed by atoms with Crippen molar-refractivity contribution in [2.24, 2.45) is 0 Å². The summed E-state index contributed by atoms with van der Waals surface area (Å²) in [6, 6.07) is 6.13. The van der Waals surface area contributed by atoms with Gasteiger partial charge in [-0.3, -0.25) is 0 Å². The number of aromatic nitrogens is 1. The molecule has 4 heteroatoms. The van der Waals surface area contributed by atoms with Crippen molar-refractivity contribution in [1.29, 1.82) is 0 Å². The second-order valence-electron chi connectivity index (χ2n) is 3.30. The Morgan fingerprint density at radius 2 is 2.13 bits per heavy atom. The molecule has 78 valence electrons. The van der Waals surface area contributed by atoms with Crippen molar-refractivity contribution >= 4 is 38.1 Å². The zero-order valence-corrected chi connectivity index (χ0v) is 11.0. The van der Waals surface area contributed by atoms with Gasteiger partial charge in [-0.15, -0.1) is 11.3 Å².